The quantitative estimate of drug-likeness (QED) is 0.0160. The first kappa shape index (κ1) is 118. The van der Waals surface area contributed by atoms with E-state index in [-0.39, 0.29) is 135 Å². The number of methoxy groups -OCH3 is 4. The summed E-state index contributed by atoms with van der Waals surface area (Å²) < 4.78 is 145. The third kappa shape index (κ3) is 32.7. The summed E-state index contributed by atoms with van der Waals surface area (Å²) in [4.78, 5) is 54.7. The van der Waals surface area contributed by atoms with Crippen molar-refractivity contribution in [1.29, 1.82) is 5.26 Å². The van der Waals surface area contributed by atoms with Gasteiger partial charge >= 0.3 is 11.9 Å². The molecule has 0 saturated heterocycles. The van der Waals surface area contributed by atoms with Crippen LogP contribution in [0.2, 0.25) is 5.15 Å². The molecule has 0 saturated carbocycles. The van der Waals surface area contributed by atoms with E-state index >= 15 is 8.78 Å². The van der Waals surface area contributed by atoms with Crippen LogP contribution in [0, 0.1) is 110 Å². The molecule has 32 heteroatoms. The summed E-state index contributed by atoms with van der Waals surface area (Å²) in [5.74, 6) is 1.62. The van der Waals surface area contributed by atoms with Crippen LogP contribution in [0.15, 0.2) is 162 Å². The van der Waals surface area contributed by atoms with E-state index in [2.05, 4.69) is 71.5 Å². The monoisotopic (exact) mass is 2080 g/mol. The van der Waals surface area contributed by atoms with E-state index in [9.17, 15) is 27.9 Å². The Morgan fingerprint density at radius 3 is 0.880 bits per heavy atom. The molecular formula is C118H136ClF5N8O18. The summed E-state index contributed by atoms with van der Waals surface area (Å²) in [5.41, 5.74) is 21.8. The number of pyridine rings is 5. The lowest BCUT2D eigenvalue weighted by Gasteiger charge is -2.18. The number of rotatable bonds is 44. The third-order valence-corrected chi connectivity index (χ3v) is 26.3. The number of ether oxygens (including phenoxy) is 13. The molecule has 2 aliphatic rings. The molecule has 0 amide bonds. The maximum absolute atomic E-state index is 15.1. The second kappa shape index (κ2) is 58.1. The predicted molar refractivity (Wildman–Crippen MR) is 566 cm³/mol. The van der Waals surface area contributed by atoms with E-state index < -0.39 is 29.4 Å². The van der Waals surface area contributed by atoms with Crippen LogP contribution in [0.25, 0.3) is 0 Å². The molecule has 0 aliphatic carbocycles. The molecule has 4 unspecified atom stereocenters. The number of carbonyl (C=O) groups is 2. The van der Waals surface area contributed by atoms with E-state index in [0.717, 1.165) is 144 Å². The fourth-order valence-corrected chi connectivity index (χ4v) is 16.7. The Hall–Kier alpha value is -14.2. The molecule has 12 aromatic rings. The zero-order chi connectivity index (χ0) is 109. The average molecular weight is 2080 g/mol. The normalized spacial score (nSPS) is 12.7. The fourth-order valence-electron chi connectivity index (χ4n) is 16.5. The largest absolute Gasteiger partial charge is 0.506 e. The lowest BCUT2D eigenvalue weighted by molar-refractivity contribution is -0.140. The van der Waals surface area contributed by atoms with Gasteiger partial charge in [0.25, 0.3) is 0 Å². The van der Waals surface area contributed by atoms with Crippen LogP contribution < -0.4 is 42.6 Å². The van der Waals surface area contributed by atoms with Crippen molar-refractivity contribution in [3.63, 3.8) is 0 Å². The van der Waals surface area contributed by atoms with Crippen LogP contribution in [0.3, 0.4) is 0 Å². The summed E-state index contributed by atoms with van der Waals surface area (Å²) in [6.07, 6.45) is 6.21. The molecule has 0 bridgehead atoms. The molecule has 14 rings (SSSR count). The molecule has 0 spiro atoms. The topological polar surface area (TPSA) is 306 Å². The van der Waals surface area contributed by atoms with Gasteiger partial charge < -0.3 is 76.4 Å². The molecule has 5 aromatic heterocycles. The number of aryl methyl sites for hydroxylation is 5. The highest BCUT2D eigenvalue weighted by Crippen LogP contribution is 2.40. The smallest absolute Gasteiger partial charge is 0.340 e. The summed E-state index contributed by atoms with van der Waals surface area (Å²) >= 11 is 6.18. The van der Waals surface area contributed by atoms with E-state index in [1.165, 1.54) is 7.11 Å². The number of nitriles is 1. The van der Waals surface area contributed by atoms with E-state index in [1.54, 1.807) is 104 Å². The van der Waals surface area contributed by atoms with Gasteiger partial charge in [-0.05, 0) is 280 Å². The van der Waals surface area contributed by atoms with Crippen LogP contribution >= 0.6 is 11.6 Å². The third-order valence-electron chi connectivity index (χ3n) is 26.0. The number of benzene rings is 7. The molecule has 1 N–H and O–H groups in total. The zero-order valence-corrected chi connectivity index (χ0v) is 90.4. The highest BCUT2D eigenvalue weighted by Gasteiger charge is 2.28. The first-order chi connectivity index (χ1) is 72.0. The van der Waals surface area contributed by atoms with Gasteiger partial charge in [0.15, 0.2) is 103 Å². The van der Waals surface area contributed by atoms with Gasteiger partial charge in [-0.15, -0.1) is 0 Å². The Morgan fingerprint density at radius 1 is 0.347 bits per heavy atom. The van der Waals surface area contributed by atoms with Gasteiger partial charge in [-0.1, -0.05) is 138 Å². The Balaban J connectivity index is 0.000000192. The van der Waals surface area contributed by atoms with Crippen molar-refractivity contribution in [2.45, 2.75) is 232 Å². The molecule has 0 radical (unpaired) electrons. The highest BCUT2D eigenvalue weighted by atomic mass is 35.5. The minimum Gasteiger partial charge on any atom is -0.506 e. The van der Waals surface area contributed by atoms with E-state index in [4.69, 9.17) is 93.4 Å². The van der Waals surface area contributed by atoms with E-state index in [0.29, 0.717) is 108 Å². The van der Waals surface area contributed by atoms with Crippen molar-refractivity contribution in [2.75, 3.05) is 75.4 Å². The molecule has 4 atom stereocenters. The summed E-state index contributed by atoms with van der Waals surface area (Å²) in [7, 11) is 6.28. The first-order valence-electron chi connectivity index (χ1n) is 49.8. The number of hydrogen-bond donors (Lipinski definition) is 1. The minimum atomic E-state index is -0.447. The van der Waals surface area contributed by atoms with Crippen LogP contribution in [-0.2, 0) is 83.5 Å². The fraction of sp³-hybridized carbons (Fsp3) is 0.390. The van der Waals surface area contributed by atoms with Crippen LogP contribution in [0.5, 0.6) is 57.5 Å². The SMILES string of the molecule is CCC(C)c1nc(Cc2c(C)cc(OCC#N)c(F)c2C)ccc1OCOC.CCC(C)c1nc(Cc2c(C)cc(OCC3=NOC(=O)C3)c(F)c2C)ccc1O.CCC(C)c1nc(Cc2c(C)cc(OCC3=NOC(=O)C3)c(F)c2C)ccc1OCOC.CCC(C)c1nc(Cc2c(C)cc(OCc3ccccc3)c(F)c2C)ccc1OCOC.COCOc1ccc(Cc2c(C)cc(OCc3ccccc3)c(F)c2C)nc1Cl. The molecule has 150 heavy (non-hydrogen) atoms. The van der Waals surface area contributed by atoms with Crippen molar-refractivity contribution in [1.82, 2.24) is 24.9 Å². The minimum absolute atomic E-state index is 0.00132. The van der Waals surface area contributed by atoms with Crippen molar-refractivity contribution < 1.29 is 108 Å². The number of halogens is 6. The predicted octanol–water partition coefficient (Wildman–Crippen LogP) is 25.9. The van der Waals surface area contributed by atoms with Crippen molar-refractivity contribution in [3.05, 3.63) is 332 Å². The lowest BCUT2D eigenvalue weighted by Crippen LogP contribution is -2.12. The van der Waals surface area contributed by atoms with Crippen LogP contribution in [-0.4, -0.2) is 129 Å². The number of nitrogens with zero attached hydrogens (tertiary/aromatic N) is 8. The highest BCUT2D eigenvalue weighted by molar-refractivity contribution is 6.30. The molecule has 798 valence electrons. The van der Waals surface area contributed by atoms with Gasteiger partial charge in [-0.3, -0.25) is 19.9 Å². The molecule has 26 nitrogen and oxygen atoms in total. The van der Waals surface area contributed by atoms with Gasteiger partial charge in [0.05, 0.1) is 35.6 Å². The second-order valence-electron chi connectivity index (χ2n) is 36.9. The van der Waals surface area contributed by atoms with Gasteiger partial charge in [-0.2, -0.15) is 5.26 Å². The summed E-state index contributed by atoms with van der Waals surface area (Å²) in [6, 6.07) is 48.2. The Bertz CT molecular complexity index is 6710. The summed E-state index contributed by atoms with van der Waals surface area (Å²) in [5, 5.41) is 26.2. The first-order valence-corrected chi connectivity index (χ1v) is 50.2. The van der Waals surface area contributed by atoms with E-state index in [1.807, 2.05) is 158 Å². The number of aromatic nitrogens is 5. The van der Waals surface area contributed by atoms with Gasteiger partial charge in [0.1, 0.15) is 66.9 Å². The number of hydrogen-bond acceptors (Lipinski definition) is 26. The summed E-state index contributed by atoms with van der Waals surface area (Å²) in [6.45, 7) is 36.1. The number of carbonyl (C=O) groups excluding carboxylic acids is 2. The standard InChI is InChI=1S/C27H32FNO3.C24H29FN2O5.C23H23ClFNO3.C22H25FN2O4.C22H27FN2O3/c1-6-18(2)27-24(32-17-30-5)13-12-22(29-27)15-23-19(3)14-25(26(28)20(23)4)31-16-21-10-8-7-9-11-21;1-6-14(2)24-20(31-13-29-5)8-7-17(26-24)10-19-15(3)9-21(23(25)16(19)4)30-12-18-11-22(28)32-27-18;1-15-11-21(28-13-17-7-5-4-6-8-17)22(25)16(2)19(15)12-18-9-10-20(23(24)26-18)29-14-27-3;1-5-12(2)22-18(26)7-6-15(24-22)9-17-13(3)8-19(21(23)14(17)4)28-11-16-10-20(27)29-25-16;1-6-14(2)22-19(28-13-26-5)8-7-17(25-22)12-18-15(3)11-20(27-10-9-24)21(23)16(18)4/h7-14,18H,6,15-17H2,1-5H3;7-9,14H,6,10-13H2,1-5H3;4-11H,12-14H2,1-3H3;6-8,12,26H,5,9-11H2,1-4H3;7-8,11,14H,6,10,12-13H2,1-5H3. The van der Waals surface area contributed by atoms with Crippen molar-refractivity contribution >= 4 is 35.0 Å². The maximum Gasteiger partial charge on any atom is 0.340 e. The van der Waals surface area contributed by atoms with Crippen molar-refractivity contribution in [3.8, 4) is 63.6 Å². The Labute approximate surface area is 881 Å². The molecule has 7 heterocycles. The number of oxime groups is 2. The van der Waals surface area contributed by atoms with Gasteiger partial charge in [-0.25, -0.2) is 36.5 Å². The Kier molecular flexibility index (Phi) is 45.6. The molecule has 7 aromatic carbocycles. The number of aromatic hydroxyl groups is 1. The van der Waals surface area contributed by atoms with Gasteiger partial charge in [0, 0.05) is 113 Å². The Morgan fingerprint density at radius 2 is 0.607 bits per heavy atom. The van der Waals surface area contributed by atoms with Crippen LogP contribution in [0.1, 0.15) is 263 Å². The molecular weight excluding hydrogens is 1950 g/mol. The molecule has 0 fully saturated rings. The molecule has 2 aliphatic heterocycles. The van der Waals surface area contributed by atoms with Crippen molar-refractivity contribution in [2.24, 2.45) is 10.3 Å². The lowest BCUT2D eigenvalue weighted by atomic mass is 9.96. The van der Waals surface area contributed by atoms with Crippen LogP contribution in [0.4, 0.5) is 22.0 Å². The van der Waals surface area contributed by atoms with Gasteiger partial charge in [0.2, 0.25) is 0 Å². The maximum atomic E-state index is 15.1. The average Bonchev–Trinajstić information content (AvgIpc) is 0.828. The zero-order valence-electron chi connectivity index (χ0n) is 89.6. The second-order valence-corrected chi connectivity index (χ2v) is 37.3.